The molecule has 1 saturated carbocycles. The minimum absolute atomic E-state index is 0.437. The average molecular weight is 255 g/mol. The number of aliphatic hydroxyl groups excluding tert-OH is 1. The summed E-state index contributed by atoms with van der Waals surface area (Å²) in [5.41, 5.74) is -0.457. The van der Waals surface area contributed by atoms with Gasteiger partial charge in [-0.25, -0.2) is 0 Å². The molecule has 1 atom stereocenters. The zero-order valence-corrected chi connectivity index (χ0v) is 12.1. The van der Waals surface area contributed by atoms with Gasteiger partial charge >= 0.3 is 0 Å². The third-order valence-corrected chi connectivity index (χ3v) is 4.97. The first-order chi connectivity index (χ1) is 8.05. The number of nitrogens with zero attached hydrogens (tertiary/aromatic N) is 1. The van der Waals surface area contributed by atoms with E-state index in [1.807, 2.05) is 6.26 Å². The monoisotopic (exact) mass is 255 g/mol. The van der Waals surface area contributed by atoms with Crippen LogP contribution in [0, 0.1) is 28.6 Å². The maximum atomic E-state index is 10.2. The van der Waals surface area contributed by atoms with Gasteiger partial charge in [-0.15, -0.1) is 0 Å². The minimum Gasteiger partial charge on any atom is -0.391 e. The fourth-order valence-electron chi connectivity index (χ4n) is 2.85. The largest absolute Gasteiger partial charge is 0.391 e. The molecule has 3 heteroatoms. The lowest BCUT2D eigenvalue weighted by atomic mass is 9.65. The molecule has 0 amide bonds. The summed E-state index contributed by atoms with van der Waals surface area (Å²) in [6.07, 6.45) is 6.31. The number of aliphatic hydroxyl groups is 1. The number of nitriles is 1. The standard InChI is InChI=1S/C14H25NOS/c1-11(2)12-4-7-14(10-15,8-5-12)13(16)6-9-17-3/h11-13,16H,4-9H2,1-3H3. The first-order valence-corrected chi connectivity index (χ1v) is 8.03. The lowest BCUT2D eigenvalue weighted by Gasteiger charge is -2.39. The van der Waals surface area contributed by atoms with Gasteiger partial charge in [0.25, 0.3) is 0 Å². The third kappa shape index (κ3) is 3.63. The molecule has 1 fully saturated rings. The Kier molecular flexibility index (Phi) is 5.82. The highest BCUT2D eigenvalue weighted by Gasteiger charge is 2.41. The van der Waals surface area contributed by atoms with E-state index < -0.39 is 11.5 Å². The van der Waals surface area contributed by atoms with Crippen LogP contribution in [0.5, 0.6) is 0 Å². The van der Waals surface area contributed by atoms with Gasteiger partial charge < -0.3 is 5.11 Å². The molecule has 0 bridgehead atoms. The van der Waals surface area contributed by atoms with Crippen LogP contribution in [0.1, 0.15) is 46.0 Å². The van der Waals surface area contributed by atoms with Crippen LogP contribution in [0.3, 0.4) is 0 Å². The molecule has 0 aromatic rings. The van der Waals surface area contributed by atoms with E-state index in [1.165, 1.54) is 0 Å². The highest BCUT2D eigenvalue weighted by molar-refractivity contribution is 7.98. The molecule has 0 aliphatic heterocycles. The van der Waals surface area contributed by atoms with Gasteiger partial charge in [0.05, 0.1) is 17.6 Å². The Morgan fingerprint density at radius 2 is 2.00 bits per heavy atom. The number of hydrogen-bond donors (Lipinski definition) is 1. The summed E-state index contributed by atoms with van der Waals surface area (Å²) >= 11 is 1.74. The van der Waals surface area contributed by atoms with E-state index in [-0.39, 0.29) is 0 Å². The fraction of sp³-hybridized carbons (Fsp3) is 0.929. The molecule has 0 aromatic heterocycles. The second-order valence-corrected chi connectivity index (χ2v) is 6.63. The van der Waals surface area contributed by atoms with Gasteiger partial charge in [0, 0.05) is 0 Å². The van der Waals surface area contributed by atoms with Crippen LogP contribution < -0.4 is 0 Å². The predicted molar refractivity (Wildman–Crippen MR) is 73.8 cm³/mol. The zero-order valence-electron chi connectivity index (χ0n) is 11.3. The van der Waals surface area contributed by atoms with Gasteiger partial charge in [-0.1, -0.05) is 13.8 Å². The Hall–Kier alpha value is -0.200. The van der Waals surface area contributed by atoms with Crippen molar-refractivity contribution in [3.63, 3.8) is 0 Å². The van der Waals surface area contributed by atoms with Crippen LogP contribution in [0.25, 0.3) is 0 Å². The first kappa shape index (κ1) is 14.9. The van der Waals surface area contributed by atoms with Crippen LogP contribution in [0.15, 0.2) is 0 Å². The molecule has 0 radical (unpaired) electrons. The highest BCUT2D eigenvalue weighted by atomic mass is 32.2. The van der Waals surface area contributed by atoms with Gasteiger partial charge in [-0.3, -0.25) is 0 Å². The Labute approximate surface area is 110 Å². The lowest BCUT2D eigenvalue weighted by molar-refractivity contribution is 0.0190. The molecular weight excluding hydrogens is 230 g/mol. The molecule has 17 heavy (non-hydrogen) atoms. The normalized spacial score (nSPS) is 31.2. The van der Waals surface area contributed by atoms with Crippen molar-refractivity contribution in [1.82, 2.24) is 0 Å². The molecule has 1 aliphatic rings. The summed E-state index contributed by atoms with van der Waals surface area (Å²) in [5, 5.41) is 19.7. The molecule has 1 aliphatic carbocycles. The number of hydrogen-bond acceptors (Lipinski definition) is 3. The molecule has 0 heterocycles. The quantitative estimate of drug-likeness (QED) is 0.818. The van der Waals surface area contributed by atoms with Crippen LogP contribution >= 0.6 is 11.8 Å². The Balaban J connectivity index is 2.58. The molecule has 0 spiro atoms. The van der Waals surface area contributed by atoms with Crippen molar-refractivity contribution in [3.05, 3.63) is 0 Å². The van der Waals surface area contributed by atoms with Crippen molar-refractivity contribution in [2.75, 3.05) is 12.0 Å². The molecule has 98 valence electrons. The maximum Gasteiger partial charge on any atom is 0.0832 e. The summed E-state index contributed by atoms with van der Waals surface area (Å²) in [5.74, 6) is 2.39. The zero-order chi connectivity index (χ0) is 12.9. The van der Waals surface area contributed by atoms with E-state index in [1.54, 1.807) is 11.8 Å². The minimum atomic E-state index is -0.457. The van der Waals surface area contributed by atoms with Crippen LogP contribution in [0.4, 0.5) is 0 Å². The molecule has 1 N–H and O–H groups in total. The summed E-state index contributed by atoms with van der Waals surface area (Å²) in [7, 11) is 0. The predicted octanol–water partition coefficient (Wildman–Crippen LogP) is 3.46. The Morgan fingerprint density at radius 3 is 2.41 bits per heavy atom. The van der Waals surface area contributed by atoms with Crippen LogP contribution in [-0.4, -0.2) is 23.2 Å². The van der Waals surface area contributed by atoms with E-state index in [2.05, 4.69) is 19.9 Å². The summed E-state index contributed by atoms with van der Waals surface area (Å²) in [6, 6.07) is 2.43. The molecule has 0 saturated heterocycles. The van der Waals surface area contributed by atoms with E-state index in [9.17, 15) is 10.4 Å². The first-order valence-electron chi connectivity index (χ1n) is 6.64. The highest BCUT2D eigenvalue weighted by Crippen LogP contribution is 2.44. The summed E-state index contributed by atoms with van der Waals surface area (Å²) in [4.78, 5) is 0. The lowest BCUT2D eigenvalue weighted by Crippen LogP contribution is -2.38. The van der Waals surface area contributed by atoms with Gasteiger partial charge in [-0.2, -0.15) is 17.0 Å². The van der Waals surface area contributed by atoms with Gasteiger partial charge in [0.15, 0.2) is 0 Å². The van der Waals surface area contributed by atoms with Gasteiger partial charge in [-0.05, 0) is 55.9 Å². The summed E-state index contributed by atoms with van der Waals surface area (Å²) in [6.45, 7) is 4.52. The van der Waals surface area contributed by atoms with Crippen molar-refractivity contribution >= 4 is 11.8 Å². The molecule has 1 unspecified atom stereocenters. The van der Waals surface area contributed by atoms with Crippen molar-refractivity contribution < 1.29 is 5.11 Å². The van der Waals surface area contributed by atoms with Crippen molar-refractivity contribution in [2.24, 2.45) is 17.3 Å². The van der Waals surface area contributed by atoms with E-state index in [0.717, 1.165) is 43.8 Å². The van der Waals surface area contributed by atoms with Crippen LogP contribution in [-0.2, 0) is 0 Å². The second kappa shape index (κ2) is 6.66. The fourth-order valence-corrected chi connectivity index (χ4v) is 3.31. The van der Waals surface area contributed by atoms with Crippen molar-refractivity contribution in [1.29, 1.82) is 5.26 Å². The second-order valence-electron chi connectivity index (χ2n) is 5.65. The Morgan fingerprint density at radius 1 is 1.41 bits per heavy atom. The number of thioether (sulfide) groups is 1. The third-order valence-electron chi connectivity index (χ3n) is 4.32. The molecule has 1 rings (SSSR count). The van der Waals surface area contributed by atoms with Crippen molar-refractivity contribution in [3.8, 4) is 6.07 Å². The number of rotatable bonds is 5. The van der Waals surface area contributed by atoms with E-state index >= 15 is 0 Å². The average Bonchev–Trinajstić information content (AvgIpc) is 2.35. The SMILES string of the molecule is CSCCC(O)C1(C#N)CCC(C(C)C)CC1. The van der Waals surface area contributed by atoms with E-state index in [4.69, 9.17) is 0 Å². The topological polar surface area (TPSA) is 44.0 Å². The summed E-state index contributed by atoms with van der Waals surface area (Å²) < 4.78 is 0. The maximum absolute atomic E-state index is 10.2. The van der Waals surface area contributed by atoms with E-state index in [0.29, 0.717) is 5.92 Å². The van der Waals surface area contributed by atoms with Crippen LogP contribution in [0.2, 0.25) is 0 Å². The van der Waals surface area contributed by atoms with Gasteiger partial charge in [0.1, 0.15) is 0 Å². The molecule has 0 aromatic carbocycles. The molecule has 2 nitrogen and oxygen atoms in total. The van der Waals surface area contributed by atoms with Crippen molar-refractivity contribution in [2.45, 2.75) is 52.1 Å². The smallest absolute Gasteiger partial charge is 0.0832 e. The Bertz CT molecular complexity index is 264. The van der Waals surface area contributed by atoms with Gasteiger partial charge in [0.2, 0.25) is 0 Å². The molecular formula is C14H25NOS.